The van der Waals surface area contributed by atoms with Crippen molar-refractivity contribution in [1.29, 1.82) is 0 Å². The van der Waals surface area contributed by atoms with Crippen molar-refractivity contribution in [2.75, 3.05) is 32.8 Å². The second-order valence-corrected chi connectivity index (χ2v) is 9.40. The van der Waals surface area contributed by atoms with Crippen LogP contribution in [-0.4, -0.2) is 64.8 Å². The average molecular weight is 434 g/mol. The fourth-order valence-electron chi connectivity index (χ4n) is 4.63. The van der Waals surface area contributed by atoms with Crippen LogP contribution >= 0.6 is 0 Å². The zero-order valence-corrected chi connectivity index (χ0v) is 19.1. The Bertz CT molecular complexity index is 886. The number of amides is 1. The standard InChI is InChI=1S/C23H35N3O5/c1-15(2)26-17(4)16(3)11-19(22(26)29)21(28)24-13-18-5-8-25(9-6-18)14-23(30)7-10-31-20(27)12-23/h11,15,18,30H,5-10,12-14H2,1-4H3,(H,24,28). The van der Waals surface area contributed by atoms with Gasteiger partial charge < -0.3 is 24.6 Å². The Morgan fingerprint density at radius 2 is 1.97 bits per heavy atom. The average Bonchev–Trinajstić information content (AvgIpc) is 2.69. The van der Waals surface area contributed by atoms with E-state index in [1.165, 1.54) is 0 Å². The predicted octanol–water partition coefficient (Wildman–Crippen LogP) is 1.56. The van der Waals surface area contributed by atoms with Gasteiger partial charge in [0.2, 0.25) is 0 Å². The van der Waals surface area contributed by atoms with Gasteiger partial charge in [-0.05, 0) is 71.2 Å². The molecular weight excluding hydrogens is 398 g/mol. The summed E-state index contributed by atoms with van der Waals surface area (Å²) in [5.41, 5.74) is 0.758. The predicted molar refractivity (Wildman–Crippen MR) is 117 cm³/mol. The molecule has 31 heavy (non-hydrogen) atoms. The molecule has 3 heterocycles. The monoisotopic (exact) mass is 433 g/mol. The zero-order chi connectivity index (χ0) is 22.8. The summed E-state index contributed by atoms with van der Waals surface area (Å²) in [6, 6.07) is 1.67. The smallest absolute Gasteiger partial charge is 0.308 e. The van der Waals surface area contributed by atoms with Gasteiger partial charge in [-0.1, -0.05) is 0 Å². The van der Waals surface area contributed by atoms with E-state index in [9.17, 15) is 19.5 Å². The number of nitrogens with one attached hydrogen (secondary N) is 1. The number of aliphatic hydroxyl groups is 1. The highest BCUT2D eigenvalue weighted by atomic mass is 16.5. The molecule has 0 aliphatic carbocycles. The molecule has 0 saturated carbocycles. The van der Waals surface area contributed by atoms with E-state index < -0.39 is 5.60 Å². The van der Waals surface area contributed by atoms with E-state index in [2.05, 4.69) is 10.2 Å². The third-order valence-electron chi connectivity index (χ3n) is 6.58. The van der Waals surface area contributed by atoms with Crippen LogP contribution in [-0.2, 0) is 9.53 Å². The van der Waals surface area contributed by atoms with Gasteiger partial charge in [-0.2, -0.15) is 0 Å². The van der Waals surface area contributed by atoms with Gasteiger partial charge in [-0.25, -0.2) is 0 Å². The van der Waals surface area contributed by atoms with Crippen molar-refractivity contribution in [3.8, 4) is 0 Å². The fraction of sp³-hybridized carbons (Fsp3) is 0.696. The highest BCUT2D eigenvalue weighted by molar-refractivity contribution is 5.94. The molecule has 2 aliphatic rings. The molecule has 1 atom stereocenters. The number of piperidine rings is 1. The van der Waals surface area contributed by atoms with Gasteiger partial charge in [0.25, 0.3) is 11.5 Å². The number of esters is 1. The first kappa shape index (κ1) is 23.5. The summed E-state index contributed by atoms with van der Waals surface area (Å²) in [4.78, 5) is 39.2. The molecule has 172 valence electrons. The van der Waals surface area contributed by atoms with Gasteiger partial charge in [0, 0.05) is 31.2 Å². The fourth-order valence-corrected chi connectivity index (χ4v) is 4.63. The number of nitrogens with zero attached hydrogens (tertiary/aromatic N) is 2. The minimum atomic E-state index is -1.00. The summed E-state index contributed by atoms with van der Waals surface area (Å²) in [6.45, 7) is 10.6. The Morgan fingerprint density at radius 1 is 1.29 bits per heavy atom. The molecular formula is C23H35N3O5. The first-order valence-electron chi connectivity index (χ1n) is 11.2. The maximum atomic E-state index is 12.8. The molecule has 0 aromatic carbocycles. The number of ether oxygens (including phenoxy) is 1. The Kier molecular flexibility index (Phi) is 7.21. The van der Waals surface area contributed by atoms with Crippen molar-refractivity contribution in [2.24, 2.45) is 5.92 Å². The number of pyridine rings is 1. The number of aromatic nitrogens is 1. The molecule has 2 fully saturated rings. The van der Waals surface area contributed by atoms with E-state index >= 15 is 0 Å². The third-order valence-corrected chi connectivity index (χ3v) is 6.58. The zero-order valence-electron chi connectivity index (χ0n) is 19.1. The molecule has 1 unspecified atom stereocenters. The summed E-state index contributed by atoms with van der Waals surface area (Å²) >= 11 is 0. The van der Waals surface area contributed by atoms with Crippen LogP contribution in [0.3, 0.4) is 0 Å². The SMILES string of the molecule is Cc1cc(C(=O)NCC2CCN(CC3(O)CCOC(=O)C3)CC2)c(=O)n(C(C)C)c1C. The lowest BCUT2D eigenvalue weighted by Crippen LogP contribution is -2.50. The first-order valence-corrected chi connectivity index (χ1v) is 11.2. The van der Waals surface area contributed by atoms with Gasteiger partial charge in [-0.15, -0.1) is 0 Å². The van der Waals surface area contributed by atoms with Gasteiger partial charge >= 0.3 is 5.97 Å². The Hall–Kier alpha value is -2.19. The molecule has 1 aromatic heterocycles. The van der Waals surface area contributed by atoms with Crippen LogP contribution in [0.5, 0.6) is 0 Å². The number of β-amino-alcohol motifs (C(OH)–C–C–N with tert-alkyl or cyclic N) is 1. The molecule has 0 spiro atoms. The highest BCUT2D eigenvalue weighted by Gasteiger charge is 2.37. The number of cyclic esters (lactones) is 1. The molecule has 8 nitrogen and oxygen atoms in total. The second-order valence-electron chi connectivity index (χ2n) is 9.40. The van der Waals surface area contributed by atoms with Crippen molar-refractivity contribution in [1.82, 2.24) is 14.8 Å². The van der Waals surface area contributed by atoms with E-state index in [-0.39, 0.29) is 42.1 Å². The topological polar surface area (TPSA) is 101 Å². The first-order chi connectivity index (χ1) is 14.6. The van der Waals surface area contributed by atoms with Gasteiger partial charge in [0.15, 0.2) is 0 Å². The van der Waals surface area contributed by atoms with Crippen LogP contribution in [0.25, 0.3) is 0 Å². The highest BCUT2D eigenvalue weighted by Crippen LogP contribution is 2.25. The Morgan fingerprint density at radius 3 is 2.58 bits per heavy atom. The summed E-state index contributed by atoms with van der Waals surface area (Å²) in [5.74, 6) is -0.334. The number of rotatable bonds is 6. The lowest BCUT2D eigenvalue weighted by atomic mass is 9.90. The molecule has 0 radical (unpaired) electrons. The van der Waals surface area contributed by atoms with E-state index in [0.29, 0.717) is 25.4 Å². The van der Waals surface area contributed by atoms with Crippen LogP contribution in [0.4, 0.5) is 0 Å². The Balaban J connectivity index is 1.53. The van der Waals surface area contributed by atoms with E-state index in [1.807, 2.05) is 27.7 Å². The minimum absolute atomic E-state index is 0.0101. The minimum Gasteiger partial charge on any atom is -0.465 e. The number of carbonyl (C=O) groups excluding carboxylic acids is 2. The van der Waals surface area contributed by atoms with E-state index in [4.69, 9.17) is 4.74 Å². The Labute approximate surface area is 183 Å². The molecule has 2 aliphatic heterocycles. The molecule has 8 heteroatoms. The summed E-state index contributed by atoms with van der Waals surface area (Å²) in [7, 11) is 0. The van der Waals surface area contributed by atoms with Crippen LogP contribution in [0, 0.1) is 19.8 Å². The van der Waals surface area contributed by atoms with Crippen molar-refractivity contribution < 1.29 is 19.4 Å². The molecule has 3 rings (SSSR count). The lowest BCUT2D eigenvalue weighted by Gasteiger charge is -2.39. The maximum Gasteiger partial charge on any atom is 0.308 e. The van der Waals surface area contributed by atoms with Crippen LogP contribution < -0.4 is 10.9 Å². The molecule has 2 N–H and O–H groups in total. The maximum absolute atomic E-state index is 12.8. The van der Waals surface area contributed by atoms with Crippen molar-refractivity contribution in [3.05, 3.63) is 33.2 Å². The van der Waals surface area contributed by atoms with Gasteiger partial charge in [0.1, 0.15) is 5.56 Å². The van der Waals surface area contributed by atoms with Crippen LogP contribution in [0.1, 0.15) is 67.2 Å². The number of hydrogen-bond donors (Lipinski definition) is 2. The summed E-state index contributed by atoms with van der Waals surface area (Å²) < 4.78 is 6.61. The number of aryl methyl sites for hydroxylation is 1. The quantitative estimate of drug-likeness (QED) is 0.661. The second kappa shape index (κ2) is 9.53. The number of carbonyl (C=O) groups is 2. The normalized spacial score (nSPS) is 23.1. The lowest BCUT2D eigenvalue weighted by molar-refractivity contribution is -0.161. The van der Waals surface area contributed by atoms with Crippen molar-refractivity contribution >= 4 is 11.9 Å². The van der Waals surface area contributed by atoms with E-state index in [0.717, 1.165) is 37.2 Å². The molecule has 0 bridgehead atoms. The largest absolute Gasteiger partial charge is 0.465 e. The van der Waals surface area contributed by atoms with E-state index in [1.54, 1.807) is 10.6 Å². The number of hydrogen-bond acceptors (Lipinski definition) is 6. The van der Waals surface area contributed by atoms with Gasteiger partial charge in [0.05, 0.1) is 18.6 Å². The third kappa shape index (κ3) is 5.54. The van der Waals surface area contributed by atoms with Gasteiger partial charge in [-0.3, -0.25) is 14.4 Å². The molecule has 1 amide bonds. The van der Waals surface area contributed by atoms with Crippen LogP contribution in [0.15, 0.2) is 10.9 Å². The number of likely N-dealkylation sites (tertiary alicyclic amines) is 1. The summed E-state index contributed by atoms with van der Waals surface area (Å²) in [6.07, 6.45) is 2.30. The van der Waals surface area contributed by atoms with Crippen LogP contribution in [0.2, 0.25) is 0 Å². The molecule has 2 saturated heterocycles. The molecule has 1 aromatic rings. The van der Waals surface area contributed by atoms with Crippen molar-refractivity contribution in [3.63, 3.8) is 0 Å². The van der Waals surface area contributed by atoms with Crippen molar-refractivity contribution in [2.45, 2.75) is 65.0 Å². The summed E-state index contributed by atoms with van der Waals surface area (Å²) in [5, 5.41) is 13.6.